The van der Waals surface area contributed by atoms with E-state index in [1.54, 1.807) is 11.3 Å². The van der Waals surface area contributed by atoms with Gasteiger partial charge in [0.15, 0.2) is 0 Å². The number of aromatic nitrogens is 1. The van der Waals surface area contributed by atoms with Gasteiger partial charge in [0.25, 0.3) is 0 Å². The summed E-state index contributed by atoms with van der Waals surface area (Å²) < 4.78 is 13.2. The standard InChI is InChI=1S/C14H14FN3S/c1-10-14(19-9-17-10)8-18(2)7-12-5-13(15)4-3-11(12)6-16/h3-5,9H,7-8H2,1-2H3. The Kier molecular flexibility index (Phi) is 4.25. The van der Waals surface area contributed by atoms with Gasteiger partial charge in [-0.3, -0.25) is 4.90 Å². The van der Waals surface area contributed by atoms with Crippen LogP contribution in [-0.4, -0.2) is 16.9 Å². The predicted octanol–water partition coefficient (Wildman–Crippen LogP) is 3.09. The van der Waals surface area contributed by atoms with Crippen LogP contribution in [0, 0.1) is 24.1 Å². The first kappa shape index (κ1) is 13.7. The fourth-order valence-corrected chi connectivity index (χ4v) is 2.73. The highest BCUT2D eigenvalue weighted by atomic mass is 32.1. The minimum absolute atomic E-state index is 0.309. The molecule has 2 rings (SSSR count). The summed E-state index contributed by atoms with van der Waals surface area (Å²) in [5.74, 6) is -0.309. The van der Waals surface area contributed by atoms with E-state index in [-0.39, 0.29) is 5.82 Å². The van der Waals surface area contributed by atoms with Gasteiger partial charge < -0.3 is 0 Å². The smallest absolute Gasteiger partial charge is 0.123 e. The number of nitriles is 1. The van der Waals surface area contributed by atoms with Gasteiger partial charge in [0, 0.05) is 18.0 Å². The quantitative estimate of drug-likeness (QED) is 0.860. The summed E-state index contributed by atoms with van der Waals surface area (Å²) in [6, 6.07) is 6.36. The minimum atomic E-state index is -0.309. The molecule has 0 aliphatic carbocycles. The van der Waals surface area contributed by atoms with Crippen LogP contribution in [0.2, 0.25) is 0 Å². The van der Waals surface area contributed by atoms with E-state index >= 15 is 0 Å². The largest absolute Gasteiger partial charge is 0.297 e. The number of hydrogen-bond donors (Lipinski definition) is 0. The molecular weight excluding hydrogens is 261 g/mol. The highest BCUT2D eigenvalue weighted by molar-refractivity contribution is 7.09. The number of aryl methyl sites for hydroxylation is 1. The third-order valence-electron chi connectivity index (χ3n) is 2.89. The molecule has 0 fully saturated rings. The van der Waals surface area contributed by atoms with E-state index in [1.165, 1.54) is 23.1 Å². The van der Waals surface area contributed by atoms with Gasteiger partial charge in [-0.25, -0.2) is 9.37 Å². The van der Waals surface area contributed by atoms with E-state index < -0.39 is 0 Å². The zero-order chi connectivity index (χ0) is 13.8. The zero-order valence-electron chi connectivity index (χ0n) is 10.9. The second kappa shape index (κ2) is 5.91. The van der Waals surface area contributed by atoms with Crippen LogP contribution in [0.1, 0.15) is 21.7 Å². The summed E-state index contributed by atoms with van der Waals surface area (Å²) in [5.41, 5.74) is 4.08. The average Bonchev–Trinajstić information content (AvgIpc) is 2.75. The van der Waals surface area contributed by atoms with Gasteiger partial charge in [-0.15, -0.1) is 11.3 Å². The molecule has 0 aliphatic rings. The third kappa shape index (κ3) is 3.37. The lowest BCUT2D eigenvalue weighted by Crippen LogP contribution is -2.18. The van der Waals surface area contributed by atoms with E-state index in [9.17, 15) is 4.39 Å². The average molecular weight is 275 g/mol. The Balaban J connectivity index is 2.11. The summed E-state index contributed by atoms with van der Waals surface area (Å²) >= 11 is 1.61. The molecule has 0 saturated heterocycles. The van der Waals surface area contributed by atoms with Gasteiger partial charge >= 0.3 is 0 Å². The molecule has 19 heavy (non-hydrogen) atoms. The van der Waals surface area contributed by atoms with Crippen molar-refractivity contribution in [2.75, 3.05) is 7.05 Å². The van der Waals surface area contributed by atoms with Gasteiger partial charge in [-0.1, -0.05) is 0 Å². The topological polar surface area (TPSA) is 39.9 Å². The lowest BCUT2D eigenvalue weighted by molar-refractivity contribution is 0.320. The van der Waals surface area contributed by atoms with Crippen molar-refractivity contribution in [2.45, 2.75) is 20.0 Å². The highest BCUT2D eigenvalue weighted by Crippen LogP contribution is 2.17. The number of hydrogen-bond acceptors (Lipinski definition) is 4. The lowest BCUT2D eigenvalue weighted by atomic mass is 10.1. The van der Waals surface area contributed by atoms with Crippen LogP contribution in [0.4, 0.5) is 4.39 Å². The van der Waals surface area contributed by atoms with Gasteiger partial charge in [0.2, 0.25) is 0 Å². The summed E-state index contributed by atoms with van der Waals surface area (Å²) in [7, 11) is 1.95. The first-order chi connectivity index (χ1) is 9.10. The van der Waals surface area contributed by atoms with Crippen molar-refractivity contribution in [1.29, 1.82) is 5.26 Å². The maximum atomic E-state index is 13.2. The Morgan fingerprint density at radius 3 is 2.84 bits per heavy atom. The molecule has 0 spiro atoms. The van der Waals surface area contributed by atoms with Crippen molar-refractivity contribution in [3.8, 4) is 6.07 Å². The second-order valence-corrected chi connectivity index (χ2v) is 5.39. The number of thiazole rings is 1. The lowest BCUT2D eigenvalue weighted by Gasteiger charge is -2.16. The fraction of sp³-hybridized carbons (Fsp3) is 0.286. The SMILES string of the molecule is Cc1ncsc1CN(C)Cc1cc(F)ccc1C#N. The molecule has 1 aromatic heterocycles. The normalized spacial score (nSPS) is 10.7. The minimum Gasteiger partial charge on any atom is -0.297 e. The van der Waals surface area contributed by atoms with Gasteiger partial charge in [-0.05, 0) is 37.7 Å². The Bertz CT molecular complexity index is 615. The summed E-state index contributed by atoms with van der Waals surface area (Å²) in [4.78, 5) is 7.45. The van der Waals surface area contributed by atoms with Gasteiger partial charge in [0.05, 0.1) is 22.8 Å². The summed E-state index contributed by atoms with van der Waals surface area (Å²) in [5, 5.41) is 9.02. The zero-order valence-corrected chi connectivity index (χ0v) is 11.7. The molecular formula is C14H14FN3S. The number of benzene rings is 1. The molecule has 0 bridgehead atoms. The molecule has 3 nitrogen and oxygen atoms in total. The first-order valence-corrected chi connectivity index (χ1v) is 6.74. The van der Waals surface area contributed by atoms with Gasteiger partial charge in [0.1, 0.15) is 5.82 Å². The Labute approximate surface area is 115 Å². The highest BCUT2D eigenvalue weighted by Gasteiger charge is 2.09. The molecule has 1 heterocycles. The van der Waals surface area contributed by atoms with Crippen molar-refractivity contribution < 1.29 is 4.39 Å². The number of rotatable bonds is 4. The maximum absolute atomic E-state index is 13.2. The van der Waals surface area contributed by atoms with Crippen molar-refractivity contribution in [2.24, 2.45) is 0 Å². The molecule has 0 aliphatic heterocycles. The molecule has 0 atom stereocenters. The monoisotopic (exact) mass is 275 g/mol. The van der Waals surface area contributed by atoms with Crippen LogP contribution in [0.25, 0.3) is 0 Å². The Hall–Kier alpha value is -1.77. The van der Waals surface area contributed by atoms with Crippen LogP contribution in [-0.2, 0) is 13.1 Å². The molecule has 0 unspecified atom stereocenters. The van der Waals surface area contributed by atoms with E-state index in [2.05, 4.69) is 16.0 Å². The van der Waals surface area contributed by atoms with Gasteiger partial charge in [-0.2, -0.15) is 5.26 Å². The third-order valence-corrected chi connectivity index (χ3v) is 3.81. The van der Waals surface area contributed by atoms with Crippen molar-refractivity contribution in [1.82, 2.24) is 9.88 Å². The summed E-state index contributed by atoms with van der Waals surface area (Å²) in [6.07, 6.45) is 0. The molecule has 98 valence electrons. The van der Waals surface area contributed by atoms with Crippen molar-refractivity contribution in [3.63, 3.8) is 0 Å². The van der Waals surface area contributed by atoms with Crippen molar-refractivity contribution >= 4 is 11.3 Å². The number of halogens is 1. The predicted molar refractivity (Wildman–Crippen MR) is 73.1 cm³/mol. The van der Waals surface area contributed by atoms with Crippen LogP contribution < -0.4 is 0 Å². The first-order valence-electron chi connectivity index (χ1n) is 5.86. The van der Waals surface area contributed by atoms with Crippen LogP contribution in [0.5, 0.6) is 0 Å². The maximum Gasteiger partial charge on any atom is 0.123 e. The molecule has 0 saturated carbocycles. The van der Waals surface area contributed by atoms with E-state index in [1.807, 2.05) is 19.5 Å². The Morgan fingerprint density at radius 2 is 2.21 bits per heavy atom. The van der Waals surface area contributed by atoms with Crippen LogP contribution >= 0.6 is 11.3 Å². The molecule has 1 aromatic carbocycles. The molecule has 0 N–H and O–H groups in total. The van der Waals surface area contributed by atoms with Crippen molar-refractivity contribution in [3.05, 3.63) is 51.2 Å². The molecule has 2 aromatic rings. The van der Waals surface area contributed by atoms with E-state index in [0.717, 1.165) is 12.2 Å². The van der Waals surface area contributed by atoms with Crippen LogP contribution in [0.15, 0.2) is 23.7 Å². The second-order valence-electron chi connectivity index (χ2n) is 4.45. The molecule has 5 heteroatoms. The van der Waals surface area contributed by atoms with Crippen LogP contribution in [0.3, 0.4) is 0 Å². The molecule has 0 radical (unpaired) electrons. The molecule has 0 amide bonds. The van der Waals surface area contributed by atoms with E-state index in [0.29, 0.717) is 17.7 Å². The Morgan fingerprint density at radius 1 is 1.42 bits per heavy atom. The number of nitrogens with zero attached hydrogens (tertiary/aromatic N) is 3. The van der Waals surface area contributed by atoms with E-state index in [4.69, 9.17) is 5.26 Å². The summed E-state index contributed by atoms with van der Waals surface area (Å²) in [6.45, 7) is 3.26. The fourth-order valence-electron chi connectivity index (χ4n) is 1.87.